The number of hydrogen-bond acceptors (Lipinski definition) is 4. The second-order valence-corrected chi connectivity index (χ2v) is 6.50. The summed E-state index contributed by atoms with van der Waals surface area (Å²) in [5, 5.41) is 0. The molecular weight excluding hydrogens is 350 g/mol. The van der Waals surface area contributed by atoms with E-state index in [0.717, 1.165) is 34.7 Å². The minimum Gasteiger partial charge on any atom is -0.352 e. The molecule has 0 radical (unpaired) electrons. The van der Waals surface area contributed by atoms with E-state index in [2.05, 4.69) is 9.88 Å². The van der Waals surface area contributed by atoms with Crippen LogP contribution in [-0.4, -0.2) is 47.0 Å². The van der Waals surface area contributed by atoms with Crippen molar-refractivity contribution < 1.29 is 13.6 Å². The van der Waals surface area contributed by atoms with Crippen LogP contribution in [0.25, 0.3) is 11.0 Å². The predicted octanol–water partition coefficient (Wildman–Crippen LogP) is 3.18. The highest BCUT2D eigenvalue weighted by Gasteiger charge is 2.27. The van der Waals surface area contributed by atoms with Gasteiger partial charge in [0.25, 0.3) is 5.91 Å². The van der Waals surface area contributed by atoms with Crippen LogP contribution in [0.5, 0.6) is 0 Å². The number of amides is 1. The van der Waals surface area contributed by atoms with Crippen LogP contribution in [0.1, 0.15) is 16.1 Å². The van der Waals surface area contributed by atoms with Gasteiger partial charge in [-0.15, -0.1) is 0 Å². The van der Waals surface area contributed by atoms with E-state index in [0.29, 0.717) is 26.2 Å². The number of aryl methyl sites for hydroxylation is 1. The minimum atomic E-state index is -0.835. The molecule has 0 bridgehead atoms. The maximum absolute atomic E-state index is 13.9. The summed E-state index contributed by atoms with van der Waals surface area (Å²) < 4.78 is 27.8. The van der Waals surface area contributed by atoms with Crippen molar-refractivity contribution in [2.45, 2.75) is 6.92 Å². The smallest absolute Gasteiger partial charge is 0.259 e. The molecule has 1 aliphatic heterocycles. The van der Waals surface area contributed by atoms with Crippen molar-refractivity contribution in [3.05, 3.63) is 65.4 Å². The van der Waals surface area contributed by atoms with E-state index < -0.39 is 23.1 Å². The number of para-hydroxylation sites is 2. The van der Waals surface area contributed by atoms with Gasteiger partial charge >= 0.3 is 0 Å². The highest BCUT2D eigenvalue weighted by molar-refractivity contribution is 5.95. The van der Waals surface area contributed by atoms with Gasteiger partial charge in [0.05, 0.1) is 16.7 Å². The van der Waals surface area contributed by atoms with Gasteiger partial charge in [-0.25, -0.2) is 18.7 Å². The summed E-state index contributed by atoms with van der Waals surface area (Å²) in [6, 6.07) is 11.1. The molecule has 2 heterocycles. The van der Waals surface area contributed by atoms with Crippen LogP contribution in [0.4, 0.5) is 14.6 Å². The van der Waals surface area contributed by atoms with Crippen LogP contribution in [0.15, 0.2) is 42.5 Å². The van der Waals surface area contributed by atoms with Crippen LogP contribution < -0.4 is 4.90 Å². The predicted molar refractivity (Wildman–Crippen MR) is 98.7 cm³/mol. The Bertz CT molecular complexity index is 996. The van der Waals surface area contributed by atoms with E-state index in [1.54, 1.807) is 0 Å². The molecule has 1 aromatic heterocycles. The molecule has 4 rings (SSSR count). The number of fused-ring (bicyclic) bond motifs is 1. The average Bonchev–Trinajstić information content (AvgIpc) is 2.67. The molecule has 0 N–H and O–H groups in total. The van der Waals surface area contributed by atoms with Crippen molar-refractivity contribution in [1.82, 2.24) is 14.9 Å². The normalized spacial score (nSPS) is 14.6. The highest BCUT2D eigenvalue weighted by Crippen LogP contribution is 2.22. The molecule has 0 atom stereocenters. The summed E-state index contributed by atoms with van der Waals surface area (Å²) in [7, 11) is 0. The molecule has 3 aromatic rings. The largest absolute Gasteiger partial charge is 0.352 e. The molecule has 0 aliphatic carbocycles. The van der Waals surface area contributed by atoms with Gasteiger partial charge in [-0.1, -0.05) is 18.2 Å². The lowest BCUT2D eigenvalue weighted by atomic mass is 10.1. The first-order valence-corrected chi connectivity index (χ1v) is 8.76. The molecule has 1 amide bonds. The first-order valence-electron chi connectivity index (χ1n) is 8.76. The number of aromatic nitrogens is 2. The second-order valence-electron chi connectivity index (χ2n) is 6.50. The molecule has 7 heteroatoms. The van der Waals surface area contributed by atoms with Crippen molar-refractivity contribution in [3.8, 4) is 0 Å². The molecule has 138 valence electrons. The Labute approximate surface area is 155 Å². The third kappa shape index (κ3) is 3.20. The number of anilines is 1. The number of nitrogens with zero attached hydrogens (tertiary/aromatic N) is 4. The molecule has 2 aromatic carbocycles. The first kappa shape index (κ1) is 17.3. The van der Waals surface area contributed by atoms with Gasteiger partial charge in [-0.3, -0.25) is 4.79 Å². The van der Waals surface area contributed by atoms with Crippen molar-refractivity contribution in [1.29, 1.82) is 0 Å². The Balaban J connectivity index is 1.52. The molecule has 0 saturated carbocycles. The zero-order chi connectivity index (χ0) is 19.0. The molecular formula is C20H18F2N4O. The Hall–Kier alpha value is -3.09. The van der Waals surface area contributed by atoms with Crippen molar-refractivity contribution in [2.75, 3.05) is 31.1 Å². The maximum Gasteiger partial charge on any atom is 0.259 e. The lowest BCUT2D eigenvalue weighted by Crippen LogP contribution is -2.49. The topological polar surface area (TPSA) is 49.3 Å². The van der Waals surface area contributed by atoms with Crippen LogP contribution in [-0.2, 0) is 0 Å². The molecule has 27 heavy (non-hydrogen) atoms. The number of carbonyl (C=O) groups is 1. The molecule has 1 aliphatic rings. The maximum atomic E-state index is 13.9. The Kier molecular flexibility index (Phi) is 4.43. The van der Waals surface area contributed by atoms with Gasteiger partial charge in [0.2, 0.25) is 0 Å². The summed E-state index contributed by atoms with van der Waals surface area (Å²) in [4.78, 5) is 25.3. The molecule has 5 nitrogen and oxygen atoms in total. The first-order chi connectivity index (χ1) is 13.0. The van der Waals surface area contributed by atoms with E-state index in [1.165, 1.54) is 11.0 Å². The van der Waals surface area contributed by atoms with Crippen LogP contribution in [0.2, 0.25) is 0 Å². The third-order valence-electron chi connectivity index (χ3n) is 4.76. The van der Waals surface area contributed by atoms with Crippen LogP contribution in [0, 0.1) is 18.6 Å². The molecule has 0 unspecified atom stereocenters. The van der Waals surface area contributed by atoms with Gasteiger partial charge in [0, 0.05) is 26.2 Å². The van der Waals surface area contributed by atoms with Gasteiger partial charge in [-0.2, -0.15) is 0 Å². The van der Waals surface area contributed by atoms with E-state index in [1.807, 2.05) is 31.2 Å². The fourth-order valence-corrected chi connectivity index (χ4v) is 3.36. The number of benzene rings is 2. The molecule has 0 spiro atoms. The van der Waals surface area contributed by atoms with Crippen molar-refractivity contribution >= 4 is 22.8 Å². The third-order valence-corrected chi connectivity index (χ3v) is 4.76. The fourth-order valence-electron chi connectivity index (χ4n) is 3.36. The zero-order valence-electron chi connectivity index (χ0n) is 14.8. The standard InChI is InChI=1S/C20H18F2N4O/c1-13-19(24-17-8-3-2-7-16(17)23-13)25-9-11-26(12-10-25)20(27)18-14(21)5-4-6-15(18)22/h2-8H,9-12H2,1H3. The van der Waals surface area contributed by atoms with Gasteiger partial charge in [0.1, 0.15) is 17.2 Å². The summed E-state index contributed by atoms with van der Waals surface area (Å²) in [5.41, 5.74) is 1.97. The van der Waals surface area contributed by atoms with Gasteiger partial charge < -0.3 is 9.80 Å². The fraction of sp³-hybridized carbons (Fsp3) is 0.250. The second kappa shape index (κ2) is 6.90. The van der Waals surface area contributed by atoms with Crippen LogP contribution in [0.3, 0.4) is 0 Å². The summed E-state index contributed by atoms with van der Waals surface area (Å²) in [5.74, 6) is -1.51. The van der Waals surface area contributed by atoms with Crippen molar-refractivity contribution in [3.63, 3.8) is 0 Å². The zero-order valence-corrected chi connectivity index (χ0v) is 14.8. The van der Waals surface area contributed by atoms with E-state index in [9.17, 15) is 13.6 Å². The number of carbonyl (C=O) groups excluding carboxylic acids is 1. The van der Waals surface area contributed by atoms with E-state index in [-0.39, 0.29) is 0 Å². The Morgan fingerprint density at radius 2 is 1.48 bits per heavy atom. The van der Waals surface area contributed by atoms with Crippen LogP contribution >= 0.6 is 0 Å². The van der Waals surface area contributed by atoms with Gasteiger partial charge in [0.15, 0.2) is 5.82 Å². The lowest BCUT2D eigenvalue weighted by Gasteiger charge is -2.36. The minimum absolute atomic E-state index is 0.362. The summed E-state index contributed by atoms with van der Waals surface area (Å²) >= 11 is 0. The molecule has 1 fully saturated rings. The summed E-state index contributed by atoms with van der Waals surface area (Å²) in [6.07, 6.45) is 0. The Morgan fingerprint density at radius 3 is 2.11 bits per heavy atom. The Morgan fingerprint density at radius 1 is 0.889 bits per heavy atom. The van der Waals surface area contributed by atoms with E-state index >= 15 is 0 Å². The quantitative estimate of drug-likeness (QED) is 0.697. The number of piperazine rings is 1. The number of rotatable bonds is 2. The highest BCUT2D eigenvalue weighted by atomic mass is 19.1. The lowest BCUT2D eigenvalue weighted by molar-refractivity contribution is 0.0736. The summed E-state index contributed by atoms with van der Waals surface area (Å²) in [6.45, 7) is 3.67. The van der Waals surface area contributed by atoms with E-state index in [4.69, 9.17) is 4.98 Å². The average molecular weight is 368 g/mol. The monoisotopic (exact) mass is 368 g/mol. The SMILES string of the molecule is Cc1nc2ccccc2nc1N1CCN(C(=O)c2c(F)cccc2F)CC1. The van der Waals surface area contributed by atoms with Gasteiger partial charge in [-0.05, 0) is 31.2 Å². The number of halogens is 2. The van der Waals surface area contributed by atoms with Crippen molar-refractivity contribution in [2.24, 2.45) is 0 Å². The number of hydrogen-bond donors (Lipinski definition) is 0. The molecule has 1 saturated heterocycles.